The van der Waals surface area contributed by atoms with E-state index in [4.69, 9.17) is 4.74 Å². The van der Waals surface area contributed by atoms with Gasteiger partial charge in [-0.1, -0.05) is 6.04 Å². The van der Waals surface area contributed by atoms with E-state index in [1.54, 1.807) is 0 Å². The largest absolute Gasteiger partial charge is 0.492 e. The highest BCUT2D eigenvalue weighted by Gasteiger charge is 2.00. The Hall–Kier alpha value is 0.697. The van der Waals surface area contributed by atoms with Gasteiger partial charge in [0.25, 0.3) is 0 Å². The number of benzene rings is 1. The summed E-state index contributed by atoms with van der Waals surface area (Å²) in [6.45, 7) is 0.778. The molecule has 0 amide bonds. The minimum absolute atomic E-state index is 0.778. The molecule has 0 spiro atoms. The summed E-state index contributed by atoms with van der Waals surface area (Å²) >= 11 is 4.59. The van der Waals surface area contributed by atoms with Crippen molar-refractivity contribution in [1.29, 1.82) is 0 Å². The molecule has 0 saturated carbocycles. The Morgan fingerprint density at radius 3 is 2.69 bits per heavy atom. The Morgan fingerprint density at radius 2 is 2.08 bits per heavy atom. The summed E-state index contributed by atoms with van der Waals surface area (Å²) in [6.07, 6.45) is 1.04. The van der Waals surface area contributed by atoms with Crippen LogP contribution in [0.2, 0.25) is 6.04 Å². The molecular formula is C9H9I2OSi. The molecule has 0 heterocycles. The van der Waals surface area contributed by atoms with E-state index in [1.807, 2.05) is 6.07 Å². The molecule has 0 fully saturated rings. The van der Waals surface area contributed by atoms with E-state index in [0.717, 1.165) is 24.8 Å². The zero-order valence-electron chi connectivity index (χ0n) is 7.02. The SMILES string of the molecule is [Si]CCCOc1ccc(I)cc1I. The molecule has 13 heavy (non-hydrogen) atoms. The highest BCUT2D eigenvalue weighted by molar-refractivity contribution is 14.1. The highest BCUT2D eigenvalue weighted by Crippen LogP contribution is 2.22. The van der Waals surface area contributed by atoms with Crippen LogP contribution in [0.3, 0.4) is 0 Å². The van der Waals surface area contributed by atoms with Gasteiger partial charge in [0, 0.05) is 13.8 Å². The maximum absolute atomic E-state index is 5.59. The molecule has 0 aliphatic rings. The van der Waals surface area contributed by atoms with E-state index < -0.39 is 0 Å². The highest BCUT2D eigenvalue weighted by atomic mass is 127. The van der Waals surface area contributed by atoms with Crippen molar-refractivity contribution in [2.24, 2.45) is 0 Å². The van der Waals surface area contributed by atoms with Gasteiger partial charge in [0.1, 0.15) is 5.75 Å². The smallest absolute Gasteiger partial charge is 0.132 e. The lowest BCUT2D eigenvalue weighted by Gasteiger charge is -2.07. The van der Waals surface area contributed by atoms with Crippen LogP contribution in [0.5, 0.6) is 5.75 Å². The number of rotatable bonds is 4. The third kappa shape index (κ3) is 4.16. The van der Waals surface area contributed by atoms with Crippen molar-refractivity contribution in [3.63, 3.8) is 0 Å². The van der Waals surface area contributed by atoms with Crippen LogP contribution in [-0.4, -0.2) is 16.8 Å². The second kappa shape index (κ2) is 6.23. The fourth-order valence-corrected chi connectivity index (χ4v) is 2.75. The van der Waals surface area contributed by atoms with E-state index in [2.05, 4.69) is 67.6 Å². The average Bonchev–Trinajstić information content (AvgIpc) is 2.09. The molecule has 0 bridgehead atoms. The Labute approximate surface area is 109 Å². The summed E-state index contributed by atoms with van der Waals surface area (Å²) < 4.78 is 8.01. The minimum Gasteiger partial charge on any atom is -0.492 e. The van der Waals surface area contributed by atoms with Gasteiger partial charge in [0.15, 0.2) is 0 Å². The van der Waals surface area contributed by atoms with Crippen LogP contribution in [0, 0.1) is 7.14 Å². The lowest BCUT2D eigenvalue weighted by molar-refractivity contribution is 0.315. The predicted octanol–water partition coefficient (Wildman–Crippen LogP) is 3.25. The lowest BCUT2D eigenvalue weighted by atomic mass is 10.3. The molecule has 0 unspecified atom stereocenters. The van der Waals surface area contributed by atoms with Crippen molar-refractivity contribution in [3.8, 4) is 5.75 Å². The van der Waals surface area contributed by atoms with Crippen molar-refractivity contribution >= 4 is 55.4 Å². The molecule has 0 aliphatic heterocycles. The molecule has 4 heteroatoms. The molecule has 3 radical (unpaired) electrons. The van der Waals surface area contributed by atoms with Crippen LogP contribution in [0.15, 0.2) is 18.2 Å². The van der Waals surface area contributed by atoms with Gasteiger partial charge in [-0.25, -0.2) is 0 Å². The summed E-state index contributed by atoms with van der Waals surface area (Å²) in [4.78, 5) is 0. The van der Waals surface area contributed by atoms with Gasteiger partial charge in [0.2, 0.25) is 0 Å². The minimum atomic E-state index is 0.778. The normalized spacial score (nSPS) is 10.1. The number of hydrogen-bond acceptors (Lipinski definition) is 1. The first-order valence-electron chi connectivity index (χ1n) is 3.96. The van der Waals surface area contributed by atoms with Crippen LogP contribution in [0.25, 0.3) is 0 Å². The summed E-state index contributed by atoms with van der Waals surface area (Å²) in [7, 11) is 3.41. The maximum atomic E-state index is 5.59. The number of halogens is 2. The summed E-state index contributed by atoms with van der Waals surface area (Å²) in [6, 6.07) is 7.19. The molecule has 0 aromatic heterocycles. The van der Waals surface area contributed by atoms with Crippen LogP contribution in [-0.2, 0) is 0 Å². The summed E-state index contributed by atoms with van der Waals surface area (Å²) in [5.41, 5.74) is 0. The van der Waals surface area contributed by atoms with E-state index in [-0.39, 0.29) is 0 Å². The Kier molecular flexibility index (Phi) is 5.64. The molecule has 0 saturated heterocycles. The molecule has 1 aromatic rings. The topological polar surface area (TPSA) is 9.23 Å². The van der Waals surface area contributed by atoms with Crippen LogP contribution in [0.4, 0.5) is 0 Å². The van der Waals surface area contributed by atoms with Gasteiger partial charge >= 0.3 is 0 Å². The number of hydrogen-bond donors (Lipinski definition) is 0. The molecular weight excluding hydrogens is 406 g/mol. The van der Waals surface area contributed by atoms with E-state index in [9.17, 15) is 0 Å². The Balaban J connectivity index is 2.56. The molecule has 0 aliphatic carbocycles. The van der Waals surface area contributed by atoms with Crippen LogP contribution in [0.1, 0.15) is 6.42 Å². The van der Waals surface area contributed by atoms with Crippen molar-refractivity contribution in [1.82, 2.24) is 0 Å². The second-order valence-corrected chi connectivity index (χ2v) is 5.43. The van der Waals surface area contributed by atoms with Crippen molar-refractivity contribution in [3.05, 3.63) is 25.3 Å². The van der Waals surface area contributed by atoms with Gasteiger partial charge in [-0.3, -0.25) is 0 Å². The first kappa shape index (κ1) is 11.8. The third-order valence-corrected chi connectivity index (χ3v) is 3.34. The summed E-state index contributed by atoms with van der Waals surface area (Å²) in [5, 5.41) is 0. The van der Waals surface area contributed by atoms with Gasteiger partial charge < -0.3 is 4.74 Å². The monoisotopic (exact) mass is 415 g/mol. The lowest BCUT2D eigenvalue weighted by Crippen LogP contribution is -1.98. The Bertz CT molecular complexity index is 278. The Morgan fingerprint density at radius 1 is 1.31 bits per heavy atom. The van der Waals surface area contributed by atoms with Crippen molar-refractivity contribution < 1.29 is 4.74 Å². The molecule has 0 atom stereocenters. The van der Waals surface area contributed by atoms with Gasteiger partial charge in [-0.05, 0) is 69.8 Å². The average molecular weight is 415 g/mol. The second-order valence-electron chi connectivity index (χ2n) is 2.53. The summed E-state index contributed by atoms with van der Waals surface area (Å²) in [5.74, 6) is 0.987. The molecule has 0 N–H and O–H groups in total. The molecule has 69 valence electrons. The third-order valence-electron chi connectivity index (χ3n) is 1.47. The molecule has 1 aromatic carbocycles. The standard InChI is InChI=1S/C9H9I2OSi/c10-7-2-3-9(8(11)6-7)12-4-1-5-13/h2-3,6H,1,4-5H2. The van der Waals surface area contributed by atoms with Gasteiger partial charge in [-0.2, -0.15) is 0 Å². The first-order valence-corrected chi connectivity index (χ1v) is 6.83. The quantitative estimate of drug-likeness (QED) is 0.417. The van der Waals surface area contributed by atoms with Crippen molar-refractivity contribution in [2.75, 3.05) is 6.61 Å². The van der Waals surface area contributed by atoms with E-state index >= 15 is 0 Å². The van der Waals surface area contributed by atoms with Crippen LogP contribution >= 0.6 is 45.2 Å². The van der Waals surface area contributed by atoms with E-state index in [1.165, 1.54) is 7.14 Å². The maximum Gasteiger partial charge on any atom is 0.132 e. The molecule has 1 rings (SSSR count). The van der Waals surface area contributed by atoms with Gasteiger partial charge in [0.05, 0.1) is 10.2 Å². The fourth-order valence-electron chi connectivity index (χ4n) is 0.847. The van der Waals surface area contributed by atoms with Gasteiger partial charge in [-0.15, -0.1) is 0 Å². The first-order chi connectivity index (χ1) is 6.24. The van der Waals surface area contributed by atoms with Crippen LogP contribution < -0.4 is 4.74 Å². The molecule has 1 nitrogen and oxygen atoms in total. The zero-order chi connectivity index (χ0) is 9.68. The fraction of sp³-hybridized carbons (Fsp3) is 0.333. The predicted molar refractivity (Wildman–Crippen MR) is 72.5 cm³/mol. The zero-order valence-corrected chi connectivity index (χ0v) is 12.3. The number of ether oxygens (including phenoxy) is 1. The van der Waals surface area contributed by atoms with E-state index in [0.29, 0.717) is 0 Å². The van der Waals surface area contributed by atoms with Crippen molar-refractivity contribution in [2.45, 2.75) is 12.5 Å².